The van der Waals surface area contributed by atoms with Crippen LogP contribution in [0.15, 0.2) is 28.7 Å². The van der Waals surface area contributed by atoms with E-state index in [9.17, 15) is 5.11 Å². The van der Waals surface area contributed by atoms with Gasteiger partial charge >= 0.3 is 0 Å². The molecule has 0 amide bonds. The van der Waals surface area contributed by atoms with Crippen molar-refractivity contribution in [3.8, 4) is 0 Å². The highest BCUT2D eigenvalue weighted by Crippen LogP contribution is 2.19. The van der Waals surface area contributed by atoms with Crippen LogP contribution in [0, 0.1) is 0 Å². The number of benzene rings is 1. The summed E-state index contributed by atoms with van der Waals surface area (Å²) in [5.41, 5.74) is 0.636. The molecule has 0 bridgehead atoms. The van der Waals surface area contributed by atoms with Gasteiger partial charge in [0.2, 0.25) is 0 Å². The smallest absolute Gasteiger partial charge is 0.0815 e. The Morgan fingerprint density at radius 3 is 2.53 bits per heavy atom. The predicted molar refractivity (Wildman–Crippen MR) is 70.9 cm³/mol. The van der Waals surface area contributed by atoms with Gasteiger partial charge in [0.05, 0.1) is 5.60 Å². The fourth-order valence-corrected chi connectivity index (χ4v) is 2.23. The standard InChI is InChI=1S/C13H18BrNO2/c14-12-3-1-11(2-4-12)9-15-10-13(16)5-7-17-8-6-13/h1-4,15-16H,5-10H2. The van der Waals surface area contributed by atoms with E-state index in [1.165, 1.54) is 5.56 Å². The van der Waals surface area contributed by atoms with E-state index < -0.39 is 5.60 Å². The van der Waals surface area contributed by atoms with Crippen molar-refractivity contribution >= 4 is 15.9 Å². The quantitative estimate of drug-likeness (QED) is 0.894. The van der Waals surface area contributed by atoms with Crippen LogP contribution < -0.4 is 5.32 Å². The Kier molecular flexibility index (Phi) is 4.56. The zero-order valence-electron chi connectivity index (χ0n) is 9.79. The van der Waals surface area contributed by atoms with Gasteiger partial charge in [-0.1, -0.05) is 28.1 Å². The molecule has 0 radical (unpaired) electrons. The Bertz CT molecular complexity index is 347. The van der Waals surface area contributed by atoms with Crippen molar-refractivity contribution in [3.63, 3.8) is 0 Å². The van der Waals surface area contributed by atoms with Crippen LogP contribution in [0.4, 0.5) is 0 Å². The zero-order chi connectivity index (χ0) is 12.1. The molecule has 1 saturated heterocycles. The van der Waals surface area contributed by atoms with E-state index in [2.05, 4.69) is 33.4 Å². The summed E-state index contributed by atoms with van der Waals surface area (Å²) in [5, 5.41) is 13.6. The zero-order valence-corrected chi connectivity index (χ0v) is 11.4. The minimum Gasteiger partial charge on any atom is -0.388 e. The molecule has 0 unspecified atom stereocenters. The van der Waals surface area contributed by atoms with Crippen molar-refractivity contribution in [2.45, 2.75) is 25.0 Å². The van der Waals surface area contributed by atoms with Crippen molar-refractivity contribution in [1.82, 2.24) is 5.32 Å². The van der Waals surface area contributed by atoms with Crippen molar-refractivity contribution in [2.24, 2.45) is 0 Å². The van der Waals surface area contributed by atoms with E-state index in [0.717, 1.165) is 23.9 Å². The average molecular weight is 300 g/mol. The second-order valence-electron chi connectivity index (χ2n) is 4.57. The fourth-order valence-electron chi connectivity index (χ4n) is 1.97. The summed E-state index contributed by atoms with van der Waals surface area (Å²) < 4.78 is 6.34. The average Bonchev–Trinajstić information content (AvgIpc) is 2.32. The van der Waals surface area contributed by atoms with Crippen LogP contribution >= 0.6 is 15.9 Å². The highest BCUT2D eigenvalue weighted by molar-refractivity contribution is 9.10. The molecule has 1 heterocycles. The number of rotatable bonds is 4. The van der Waals surface area contributed by atoms with Crippen molar-refractivity contribution in [1.29, 1.82) is 0 Å². The molecule has 1 fully saturated rings. The highest BCUT2D eigenvalue weighted by Gasteiger charge is 2.28. The molecular formula is C13H18BrNO2. The summed E-state index contributed by atoms with van der Waals surface area (Å²) in [6, 6.07) is 8.20. The van der Waals surface area contributed by atoms with E-state index in [1.54, 1.807) is 0 Å². The summed E-state index contributed by atoms with van der Waals surface area (Å²) in [5.74, 6) is 0. The van der Waals surface area contributed by atoms with Gasteiger partial charge in [0, 0.05) is 43.6 Å². The Balaban J connectivity index is 1.77. The second kappa shape index (κ2) is 5.96. The van der Waals surface area contributed by atoms with Crippen LogP contribution in [0.5, 0.6) is 0 Å². The summed E-state index contributed by atoms with van der Waals surface area (Å²) >= 11 is 3.41. The molecule has 0 spiro atoms. The first-order chi connectivity index (χ1) is 8.18. The second-order valence-corrected chi connectivity index (χ2v) is 5.48. The van der Waals surface area contributed by atoms with Gasteiger partial charge in [-0.15, -0.1) is 0 Å². The first-order valence-corrected chi connectivity index (χ1v) is 6.73. The molecule has 1 aromatic rings. The third kappa shape index (κ3) is 4.07. The maximum Gasteiger partial charge on any atom is 0.0815 e. The Labute approximate surface area is 110 Å². The molecular weight excluding hydrogens is 282 g/mol. The topological polar surface area (TPSA) is 41.5 Å². The molecule has 1 aliphatic rings. The summed E-state index contributed by atoms with van der Waals surface area (Å²) in [6.07, 6.45) is 1.45. The fraction of sp³-hybridized carbons (Fsp3) is 0.538. The molecule has 2 N–H and O–H groups in total. The predicted octanol–water partition coefficient (Wildman–Crippen LogP) is 2.08. The van der Waals surface area contributed by atoms with Crippen LogP contribution in [0.3, 0.4) is 0 Å². The highest BCUT2D eigenvalue weighted by atomic mass is 79.9. The number of ether oxygens (including phenoxy) is 1. The molecule has 0 aromatic heterocycles. The lowest BCUT2D eigenvalue weighted by Gasteiger charge is -2.32. The number of hydrogen-bond donors (Lipinski definition) is 2. The van der Waals surface area contributed by atoms with Crippen molar-refractivity contribution in [3.05, 3.63) is 34.3 Å². The maximum atomic E-state index is 10.2. The van der Waals surface area contributed by atoms with Gasteiger partial charge < -0.3 is 15.2 Å². The van der Waals surface area contributed by atoms with Crippen molar-refractivity contribution < 1.29 is 9.84 Å². The molecule has 94 valence electrons. The molecule has 0 atom stereocenters. The summed E-state index contributed by atoms with van der Waals surface area (Å²) in [4.78, 5) is 0. The van der Waals surface area contributed by atoms with E-state index in [-0.39, 0.29) is 0 Å². The van der Waals surface area contributed by atoms with Gasteiger partial charge in [0.15, 0.2) is 0 Å². The van der Waals surface area contributed by atoms with Crippen LogP contribution in [-0.2, 0) is 11.3 Å². The molecule has 0 saturated carbocycles. The lowest BCUT2D eigenvalue weighted by Crippen LogP contribution is -2.44. The maximum absolute atomic E-state index is 10.2. The van der Waals surface area contributed by atoms with Gasteiger partial charge in [0.1, 0.15) is 0 Å². The van der Waals surface area contributed by atoms with Gasteiger partial charge in [-0.3, -0.25) is 0 Å². The summed E-state index contributed by atoms with van der Waals surface area (Å²) in [7, 11) is 0. The molecule has 0 aliphatic carbocycles. The Morgan fingerprint density at radius 2 is 1.88 bits per heavy atom. The Hall–Kier alpha value is -0.420. The van der Waals surface area contributed by atoms with Gasteiger partial charge in [-0.2, -0.15) is 0 Å². The molecule has 3 nitrogen and oxygen atoms in total. The first-order valence-electron chi connectivity index (χ1n) is 5.93. The third-order valence-electron chi connectivity index (χ3n) is 3.12. The Morgan fingerprint density at radius 1 is 1.24 bits per heavy atom. The number of aliphatic hydroxyl groups is 1. The minimum absolute atomic E-state index is 0.590. The number of nitrogens with one attached hydrogen (secondary N) is 1. The minimum atomic E-state index is -0.590. The monoisotopic (exact) mass is 299 g/mol. The normalized spacial score (nSPS) is 19.2. The van der Waals surface area contributed by atoms with Crippen LogP contribution in [0.1, 0.15) is 18.4 Å². The van der Waals surface area contributed by atoms with Crippen LogP contribution in [0.2, 0.25) is 0 Å². The van der Waals surface area contributed by atoms with E-state index in [1.807, 2.05) is 12.1 Å². The van der Waals surface area contributed by atoms with Crippen molar-refractivity contribution in [2.75, 3.05) is 19.8 Å². The van der Waals surface area contributed by atoms with Crippen LogP contribution in [0.25, 0.3) is 0 Å². The van der Waals surface area contributed by atoms with E-state index in [4.69, 9.17) is 4.74 Å². The lowest BCUT2D eigenvalue weighted by molar-refractivity contribution is -0.0617. The SMILES string of the molecule is OC1(CNCc2ccc(Br)cc2)CCOCC1. The van der Waals surface area contributed by atoms with Crippen LogP contribution in [-0.4, -0.2) is 30.5 Å². The third-order valence-corrected chi connectivity index (χ3v) is 3.65. The molecule has 4 heteroatoms. The first kappa shape index (κ1) is 13.0. The van der Waals surface area contributed by atoms with Gasteiger partial charge in [0.25, 0.3) is 0 Å². The van der Waals surface area contributed by atoms with E-state index >= 15 is 0 Å². The van der Waals surface area contributed by atoms with Gasteiger partial charge in [-0.25, -0.2) is 0 Å². The molecule has 1 aromatic carbocycles. The molecule has 17 heavy (non-hydrogen) atoms. The largest absolute Gasteiger partial charge is 0.388 e. The number of hydrogen-bond acceptors (Lipinski definition) is 3. The summed E-state index contributed by atoms with van der Waals surface area (Å²) in [6.45, 7) is 2.75. The molecule has 2 rings (SSSR count). The lowest BCUT2D eigenvalue weighted by atomic mass is 9.94. The van der Waals surface area contributed by atoms with E-state index in [0.29, 0.717) is 19.8 Å². The molecule has 1 aliphatic heterocycles. The van der Waals surface area contributed by atoms with Gasteiger partial charge in [-0.05, 0) is 17.7 Å². The number of halogens is 1.